The van der Waals surface area contributed by atoms with E-state index in [4.69, 9.17) is 0 Å². The van der Waals surface area contributed by atoms with Crippen LogP contribution in [0.25, 0.3) is 0 Å². The van der Waals surface area contributed by atoms with E-state index in [-0.39, 0.29) is 0 Å². The fourth-order valence-electron chi connectivity index (χ4n) is 6.85. The normalized spacial score (nSPS) is 46.1. The predicted molar refractivity (Wildman–Crippen MR) is 90.0 cm³/mol. The van der Waals surface area contributed by atoms with Crippen molar-refractivity contribution in [3.63, 3.8) is 0 Å². The highest BCUT2D eigenvalue weighted by Gasteiger charge is 2.65. The van der Waals surface area contributed by atoms with Crippen LogP contribution in [0.15, 0.2) is 0 Å². The van der Waals surface area contributed by atoms with E-state index in [2.05, 4.69) is 49.1 Å². The summed E-state index contributed by atoms with van der Waals surface area (Å²) >= 11 is 0. The van der Waals surface area contributed by atoms with Gasteiger partial charge in [0.15, 0.2) is 0 Å². The Morgan fingerprint density at radius 1 is 0.762 bits per heavy atom. The molecule has 0 radical (unpaired) electrons. The van der Waals surface area contributed by atoms with Gasteiger partial charge < -0.3 is 8.97 Å². The summed E-state index contributed by atoms with van der Waals surface area (Å²) in [6.45, 7) is 7.81. The van der Waals surface area contributed by atoms with Gasteiger partial charge in [-0.25, -0.2) is 0 Å². The van der Waals surface area contributed by atoms with E-state index in [1.54, 1.807) is 0 Å². The van der Waals surface area contributed by atoms with E-state index in [1.165, 1.54) is 56.1 Å². The van der Waals surface area contributed by atoms with Crippen LogP contribution in [0, 0.1) is 16.7 Å². The minimum absolute atomic E-state index is 0.568. The van der Waals surface area contributed by atoms with Gasteiger partial charge in [0.05, 0.1) is 35.2 Å². The summed E-state index contributed by atoms with van der Waals surface area (Å²) in [4.78, 5) is 0. The van der Waals surface area contributed by atoms with Crippen molar-refractivity contribution in [2.75, 3.05) is 48.3 Å². The molecule has 0 aliphatic heterocycles. The van der Waals surface area contributed by atoms with Gasteiger partial charge in [-0.05, 0) is 36.0 Å². The Bertz CT molecular complexity index is 413. The molecule has 21 heavy (non-hydrogen) atoms. The molecular formula is C19H38N2+2. The lowest BCUT2D eigenvalue weighted by atomic mass is 9.42. The number of quaternary nitrogens is 2. The Morgan fingerprint density at radius 3 is 1.71 bits per heavy atom. The van der Waals surface area contributed by atoms with Crippen LogP contribution in [0.5, 0.6) is 0 Å². The zero-order valence-corrected chi connectivity index (χ0v) is 15.6. The molecule has 122 valence electrons. The summed E-state index contributed by atoms with van der Waals surface area (Å²) in [5.41, 5.74) is 1.85. The van der Waals surface area contributed by atoms with Gasteiger partial charge in [-0.3, -0.25) is 0 Å². The molecule has 0 amide bonds. The average Bonchev–Trinajstić information content (AvgIpc) is 2.20. The van der Waals surface area contributed by atoms with Gasteiger partial charge in [-0.1, -0.05) is 13.8 Å². The Balaban J connectivity index is 1.86. The third-order valence-electron chi connectivity index (χ3n) is 7.21. The second kappa shape index (κ2) is 4.26. The topological polar surface area (TPSA) is 0 Å². The number of hydrogen-bond acceptors (Lipinski definition) is 0. The first-order valence-corrected chi connectivity index (χ1v) is 9.00. The van der Waals surface area contributed by atoms with Gasteiger partial charge in [-0.15, -0.1) is 0 Å². The van der Waals surface area contributed by atoms with E-state index in [1.807, 2.05) is 0 Å². The number of rotatable bonds is 4. The van der Waals surface area contributed by atoms with Crippen molar-refractivity contribution < 1.29 is 8.97 Å². The van der Waals surface area contributed by atoms with Gasteiger partial charge in [-0.2, -0.15) is 0 Å². The summed E-state index contributed by atoms with van der Waals surface area (Å²) in [5.74, 6) is 1.01. The van der Waals surface area contributed by atoms with Crippen LogP contribution in [0.3, 0.4) is 0 Å². The molecule has 4 bridgehead atoms. The quantitative estimate of drug-likeness (QED) is 0.696. The molecule has 4 aliphatic rings. The maximum absolute atomic E-state index is 2.60. The lowest BCUT2D eigenvalue weighted by molar-refractivity contribution is -0.975. The summed E-state index contributed by atoms with van der Waals surface area (Å²) < 4.78 is 2.35. The van der Waals surface area contributed by atoms with Crippen molar-refractivity contribution in [2.45, 2.75) is 57.9 Å². The molecule has 4 rings (SSSR count). The van der Waals surface area contributed by atoms with Crippen molar-refractivity contribution in [2.24, 2.45) is 16.7 Å². The van der Waals surface area contributed by atoms with E-state index in [0.29, 0.717) is 16.4 Å². The van der Waals surface area contributed by atoms with Gasteiger partial charge in [0, 0.05) is 19.3 Å². The standard InChI is InChI=1S/C19H38N2/c1-17-10-16-11-18(2,13-17)15-19(12-16,14-17)21(6,7)9-8-20(3,4)5/h16H,8-15H2,1-7H3/q+2. The monoisotopic (exact) mass is 294 g/mol. The first kappa shape index (κ1) is 15.8. The van der Waals surface area contributed by atoms with Gasteiger partial charge in [0.25, 0.3) is 0 Å². The first-order valence-electron chi connectivity index (χ1n) is 9.00. The van der Waals surface area contributed by atoms with Crippen molar-refractivity contribution >= 4 is 0 Å². The maximum Gasteiger partial charge on any atom is 0.128 e. The fraction of sp³-hybridized carbons (Fsp3) is 1.00. The number of likely N-dealkylation sites (N-methyl/N-ethyl adjacent to an activating group) is 2. The van der Waals surface area contributed by atoms with Crippen LogP contribution in [0.1, 0.15) is 52.4 Å². The molecule has 0 aromatic rings. The summed E-state index contributed by atoms with van der Waals surface area (Å²) in [6, 6.07) is 0. The highest BCUT2D eigenvalue weighted by molar-refractivity contribution is 5.11. The van der Waals surface area contributed by atoms with Gasteiger partial charge in [0.2, 0.25) is 0 Å². The van der Waals surface area contributed by atoms with Crippen LogP contribution in [-0.4, -0.2) is 62.8 Å². The first-order chi connectivity index (χ1) is 9.36. The third-order valence-corrected chi connectivity index (χ3v) is 7.21. The summed E-state index contributed by atoms with van der Waals surface area (Å²) in [5, 5.41) is 0. The van der Waals surface area contributed by atoms with Crippen LogP contribution >= 0.6 is 0 Å². The third kappa shape index (κ3) is 2.67. The molecular weight excluding hydrogens is 256 g/mol. The van der Waals surface area contributed by atoms with Crippen molar-refractivity contribution in [3.05, 3.63) is 0 Å². The summed E-state index contributed by atoms with van der Waals surface area (Å²) in [7, 11) is 12.1. The number of hydrogen-bond donors (Lipinski definition) is 0. The summed E-state index contributed by atoms with van der Waals surface area (Å²) in [6.07, 6.45) is 8.99. The van der Waals surface area contributed by atoms with Crippen LogP contribution in [0.2, 0.25) is 0 Å². The zero-order valence-electron chi connectivity index (χ0n) is 15.6. The number of nitrogens with zero attached hydrogens (tertiary/aromatic N) is 2. The predicted octanol–water partition coefficient (Wildman–Crippen LogP) is 3.52. The van der Waals surface area contributed by atoms with Gasteiger partial charge >= 0.3 is 0 Å². The second-order valence-electron chi connectivity index (χ2n) is 11.3. The molecule has 4 aliphatic carbocycles. The highest BCUT2D eigenvalue weighted by atomic mass is 15.4. The molecule has 0 saturated heterocycles. The van der Waals surface area contributed by atoms with Crippen LogP contribution < -0.4 is 0 Å². The Morgan fingerprint density at radius 2 is 1.29 bits per heavy atom. The molecule has 2 atom stereocenters. The SMILES string of the molecule is CC12CC3CC(C)(C1)CC([N+](C)(C)CC[N+](C)(C)C)(C3)C2. The Hall–Kier alpha value is -0.0800. The average molecular weight is 295 g/mol. The molecule has 0 aromatic heterocycles. The van der Waals surface area contributed by atoms with E-state index < -0.39 is 0 Å². The molecule has 0 aromatic carbocycles. The Kier molecular flexibility index (Phi) is 3.20. The molecule has 4 saturated carbocycles. The van der Waals surface area contributed by atoms with Gasteiger partial charge in [0.1, 0.15) is 18.6 Å². The molecule has 2 unspecified atom stereocenters. The fourth-order valence-corrected chi connectivity index (χ4v) is 6.85. The second-order valence-corrected chi connectivity index (χ2v) is 11.3. The van der Waals surface area contributed by atoms with E-state index in [0.717, 1.165) is 10.4 Å². The largest absolute Gasteiger partial charge is 0.326 e. The van der Waals surface area contributed by atoms with Crippen molar-refractivity contribution in [1.29, 1.82) is 0 Å². The Labute approximate surface area is 132 Å². The van der Waals surface area contributed by atoms with Crippen molar-refractivity contribution in [1.82, 2.24) is 0 Å². The lowest BCUT2D eigenvalue weighted by Gasteiger charge is -2.68. The maximum atomic E-state index is 2.60. The minimum Gasteiger partial charge on any atom is -0.326 e. The minimum atomic E-state index is 0.568. The van der Waals surface area contributed by atoms with Crippen LogP contribution in [0.4, 0.5) is 0 Å². The molecule has 2 nitrogen and oxygen atoms in total. The molecule has 0 spiro atoms. The molecule has 2 heteroatoms. The lowest BCUT2D eigenvalue weighted by Crippen LogP contribution is -2.71. The molecule has 0 heterocycles. The van der Waals surface area contributed by atoms with E-state index >= 15 is 0 Å². The zero-order chi connectivity index (χ0) is 15.7. The highest BCUT2D eigenvalue weighted by Crippen LogP contribution is 2.68. The molecule has 0 N–H and O–H groups in total. The molecule has 4 fully saturated rings. The van der Waals surface area contributed by atoms with E-state index in [9.17, 15) is 0 Å². The van der Waals surface area contributed by atoms with Crippen molar-refractivity contribution in [3.8, 4) is 0 Å². The van der Waals surface area contributed by atoms with Crippen LogP contribution in [-0.2, 0) is 0 Å². The smallest absolute Gasteiger partial charge is 0.128 e.